The molecule has 0 aliphatic heterocycles. The molecule has 0 aliphatic carbocycles. The summed E-state index contributed by atoms with van der Waals surface area (Å²) in [6, 6.07) is 5.00. The van der Waals surface area contributed by atoms with Crippen LogP contribution >= 0.6 is 11.3 Å². The van der Waals surface area contributed by atoms with E-state index in [1.54, 1.807) is 18.2 Å². The van der Waals surface area contributed by atoms with Gasteiger partial charge in [-0.2, -0.15) is 0 Å². The summed E-state index contributed by atoms with van der Waals surface area (Å²) in [6.45, 7) is 1.88. The van der Waals surface area contributed by atoms with Crippen LogP contribution in [0.1, 0.15) is 5.56 Å². The van der Waals surface area contributed by atoms with Crippen molar-refractivity contribution in [2.45, 2.75) is 6.92 Å². The zero-order chi connectivity index (χ0) is 10.3. The monoisotopic (exact) mass is 208 g/mol. The van der Waals surface area contributed by atoms with Gasteiger partial charge in [-0.3, -0.25) is 0 Å². The van der Waals surface area contributed by atoms with Gasteiger partial charge in [0.05, 0.1) is 0 Å². The highest BCUT2D eigenvalue weighted by Crippen LogP contribution is 2.32. The Morgan fingerprint density at radius 2 is 1.93 bits per heavy atom. The maximum atomic E-state index is 9.30. The van der Waals surface area contributed by atoms with Crippen molar-refractivity contribution in [3.8, 4) is 5.06 Å². The molecule has 3 N–H and O–H groups in total. The van der Waals surface area contributed by atoms with Gasteiger partial charge in [-0.05, 0) is 29.4 Å². The lowest BCUT2D eigenvalue weighted by atomic mass is 9.79. The highest BCUT2D eigenvalue weighted by atomic mass is 32.1. The van der Waals surface area contributed by atoms with Crippen LogP contribution in [0.4, 0.5) is 0 Å². The first kappa shape index (κ1) is 9.52. The van der Waals surface area contributed by atoms with E-state index in [-0.39, 0.29) is 5.06 Å². The second kappa shape index (κ2) is 3.27. The number of hydrogen-bond donors (Lipinski definition) is 3. The molecular formula is C9H9BO3S. The first-order chi connectivity index (χ1) is 6.58. The Bertz CT molecular complexity index is 478. The Hall–Kier alpha value is -1.04. The van der Waals surface area contributed by atoms with Crippen LogP contribution in [0.3, 0.4) is 0 Å². The average Bonchev–Trinajstić information content (AvgIpc) is 2.45. The molecule has 72 valence electrons. The second-order valence-corrected chi connectivity index (χ2v) is 4.25. The maximum Gasteiger partial charge on any atom is 0.488 e. The quantitative estimate of drug-likeness (QED) is 0.601. The topological polar surface area (TPSA) is 60.7 Å². The largest absolute Gasteiger partial charge is 0.499 e. The fourth-order valence-corrected chi connectivity index (χ4v) is 2.34. The molecule has 0 saturated carbocycles. The van der Waals surface area contributed by atoms with Gasteiger partial charge in [0.15, 0.2) is 5.06 Å². The fraction of sp³-hybridized carbons (Fsp3) is 0.111. The summed E-state index contributed by atoms with van der Waals surface area (Å²) in [5, 5.41) is 28.4. The molecule has 0 bridgehead atoms. The number of benzene rings is 1. The number of aryl methyl sites for hydroxylation is 1. The lowest BCUT2D eigenvalue weighted by molar-refractivity contribution is 0.426. The van der Waals surface area contributed by atoms with Gasteiger partial charge < -0.3 is 15.2 Å². The highest BCUT2D eigenvalue weighted by molar-refractivity contribution is 7.20. The smallest absolute Gasteiger partial charge is 0.488 e. The predicted molar refractivity (Wildman–Crippen MR) is 58.1 cm³/mol. The molecule has 0 atom stereocenters. The minimum Gasteiger partial charge on any atom is -0.499 e. The molecule has 2 rings (SSSR count). The molecule has 1 aromatic heterocycles. The molecule has 0 spiro atoms. The number of rotatable bonds is 1. The van der Waals surface area contributed by atoms with Crippen LogP contribution in [0.15, 0.2) is 18.2 Å². The Morgan fingerprint density at radius 3 is 2.57 bits per heavy atom. The zero-order valence-corrected chi connectivity index (χ0v) is 8.38. The fourth-order valence-electron chi connectivity index (χ4n) is 1.49. The maximum absolute atomic E-state index is 9.30. The summed E-state index contributed by atoms with van der Waals surface area (Å²) in [5.41, 5.74) is 1.39. The minimum absolute atomic E-state index is 0.243. The molecule has 0 amide bonds. The van der Waals surface area contributed by atoms with Crippen molar-refractivity contribution in [3.63, 3.8) is 0 Å². The first-order valence-electron chi connectivity index (χ1n) is 4.17. The Kier molecular flexibility index (Phi) is 2.22. The lowest BCUT2D eigenvalue weighted by Gasteiger charge is -2.01. The van der Waals surface area contributed by atoms with Gasteiger partial charge in [0.25, 0.3) is 0 Å². The van der Waals surface area contributed by atoms with E-state index in [9.17, 15) is 5.11 Å². The number of aromatic hydroxyl groups is 1. The van der Waals surface area contributed by atoms with E-state index in [0.717, 1.165) is 15.6 Å². The number of thiophene rings is 1. The summed E-state index contributed by atoms with van der Waals surface area (Å²) < 4.78 is 0.979. The van der Waals surface area contributed by atoms with Crippen LogP contribution in [0.2, 0.25) is 0 Å². The van der Waals surface area contributed by atoms with Crippen molar-refractivity contribution in [2.24, 2.45) is 0 Å². The molecular weight excluding hydrogens is 199 g/mol. The summed E-state index contributed by atoms with van der Waals surface area (Å²) in [6.07, 6.45) is 0. The molecule has 0 saturated heterocycles. The third kappa shape index (κ3) is 1.50. The van der Waals surface area contributed by atoms with Crippen LogP contribution in [0.5, 0.6) is 5.06 Å². The van der Waals surface area contributed by atoms with Crippen molar-refractivity contribution in [1.82, 2.24) is 0 Å². The van der Waals surface area contributed by atoms with Crippen LogP contribution in [0, 0.1) is 6.92 Å². The van der Waals surface area contributed by atoms with E-state index >= 15 is 0 Å². The lowest BCUT2D eigenvalue weighted by Crippen LogP contribution is -2.29. The summed E-state index contributed by atoms with van der Waals surface area (Å²) in [5.74, 6) is 0. The van der Waals surface area contributed by atoms with Crippen LogP contribution in [-0.2, 0) is 0 Å². The van der Waals surface area contributed by atoms with Crippen molar-refractivity contribution >= 4 is 34.0 Å². The van der Waals surface area contributed by atoms with Crippen molar-refractivity contribution < 1.29 is 15.2 Å². The third-order valence-electron chi connectivity index (χ3n) is 2.11. The molecule has 0 aliphatic rings. The number of hydrogen-bond acceptors (Lipinski definition) is 4. The van der Waals surface area contributed by atoms with E-state index in [4.69, 9.17) is 10.0 Å². The molecule has 1 aromatic carbocycles. The Balaban J connectivity index is 2.71. The van der Waals surface area contributed by atoms with Gasteiger partial charge in [-0.25, -0.2) is 0 Å². The van der Waals surface area contributed by atoms with Crippen LogP contribution in [0.25, 0.3) is 10.1 Å². The third-order valence-corrected chi connectivity index (χ3v) is 3.20. The normalized spacial score (nSPS) is 10.8. The van der Waals surface area contributed by atoms with Gasteiger partial charge in [0, 0.05) is 4.70 Å². The van der Waals surface area contributed by atoms with E-state index in [1.165, 1.54) is 11.3 Å². The SMILES string of the molecule is Cc1cc(B(O)O)cc2cc(O)sc12. The van der Waals surface area contributed by atoms with Crippen molar-refractivity contribution in [1.29, 1.82) is 0 Å². The highest BCUT2D eigenvalue weighted by Gasteiger charge is 2.13. The Morgan fingerprint density at radius 1 is 1.21 bits per heavy atom. The van der Waals surface area contributed by atoms with Gasteiger partial charge in [-0.1, -0.05) is 23.5 Å². The molecule has 2 aromatic rings. The van der Waals surface area contributed by atoms with Gasteiger partial charge >= 0.3 is 7.12 Å². The summed E-state index contributed by atoms with van der Waals surface area (Å²) >= 11 is 1.29. The van der Waals surface area contributed by atoms with E-state index in [1.807, 2.05) is 6.92 Å². The second-order valence-electron chi connectivity index (χ2n) is 3.21. The van der Waals surface area contributed by atoms with Crippen molar-refractivity contribution in [2.75, 3.05) is 0 Å². The van der Waals surface area contributed by atoms with E-state index < -0.39 is 7.12 Å². The molecule has 0 unspecified atom stereocenters. The summed E-state index contributed by atoms with van der Waals surface area (Å²) in [7, 11) is -1.46. The number of fused-ring (bicyclic) bond motifs is 1. The zero-order valence-electron chi connectivity index (χ0n) is 7.56. The standard InChI is InChI=1S/C9H9BO3S/c1-5-2-7(10(12)13)3-6-4-8(11)14-9(5)6/h2-4,11-13H,1H3. The molecule has 5 heteroatoms. The molecule has 3 nitrogen and oxygen atoms in total. The Labute approximate surface area is 85.4 Å². The van der Waals surface area contributed by atoms with Crippen LogP contribution in [-0.4, -0.2) is 22.3 Å². The minimum atomic E-state index is -1.46. The predicted octanol–water partition coefficient (Wildman–Crippen LogP) is 0.595. The van der Waals surface area contributed by atoms with Gasteiger partial charge in [0.1, 0.15) is 0 Å². The molecule has 14 heavy (non-hydrogen) atoms. The van der Waals surface area contributed by atoms with E-state index in [2.05, 4.69) is 0 Å². The van der Waals surface area contributed by atoms with Gasteiger partial charge in [0.2, 0.25) is 0 Å². The summed E-state index contributed by atoms with van der Waals surface area (Å²) in [4.78, 5) is 0. The van der Waals surface area contributed by atoms with E-state index in [0.29, 0.717) is 5.46 Å². The van der Waals surface area contributed by atoms with Gasteiger partial charge in [-0.15, -0.1) is 0 Å². The van der Waals surface area contributed by atoms with Crippen LogP contribution < -0.4 is 5.46 Å². The van der Waals surface area contributed by atoms with Crippen molar-refractivity contribution in [3.05, 3.63) is 23.8 Å². The molecule has 1 heterocycles. The average molecular weight is 208 g/mol. The first-order valence-corrected chi connectivity index (χ1v) is 4.99. The molecule has 0 fully saturated rings. The molecule has 0 radical (unpaired) electrons.